The van der Waals surface area contributed by atoms with Crippen LogP contribution in [-0.2, 0) is 0 Å². The normalized spacial score (nSPS) is 19.8. The van der Waals surface area contributed by atoms with Crippen molar-refractivity contribution >= 4 is 17.2 Å². The largest absolute Gasteiger partial charge is 0.393 e. The SMILES string of the molecule is O=C(NC1CCC(O)CC1)c1nc(-c2cccs2)n(-c2ccc(F)cc2)n1. The summed E-state index contributed by atoms with van der Waals surface area (Å²) in [6.45, 7) is 0. The van der Waals surface area contributed by atoms with E-state index < -0.39 is 0 Å². The van der Waals surface area contributed by atoms with Crippen LogP contribution in [-0.4, -0.2) is 37.9 Å². The first-order chi connectivity index (χ1) is 13.1. The maximum atomic E-state index is 13.3. The summed E-state index contributed by atoms with van der Waals surface area (Å²) in [4.78, 5) is 18.0. The van der Waals surface area contributed by atoms with Crippen molar-refractivity contribution < 1.29 is 14.3 Å². The minimum absolute atomic E-state index is 0.0175. The molecule has 1 fully saturated rings. The average molecular weight is 386 g/mol. The molecule has 0 saturated heterocycles. The molecular weight excluding hydrogens is 367 g/mol. The van der Waals surface area contributed by atoms with Gasteiger partial charge < -0.3 is 10.4 Å². The highest BCUT2D eigenvalue weighted by atomic mass is 32.1. The number of carbonyl (C=O) groups excluding carboxylic acids is 1. The molecule has 27 heavy (non-hydrogen) atoms. The molecule has 1 aromatic carbocycles. The molecule has 6 nitrogen and oxygen atoms in total. The van der Waals surface area contributed by atoms with Crippen molar-refractivity contribution in [2.45, 2.75) is 37.8 Å². The molecule has 2 heterocycles. The minimum atomic E-state index is -0.339. The first-order valence-electron chi connectivity index (χ1n) is 8.86. The Morgan fingerprint density at radius 1 is 1.19 bits per heavy atom. The topological polar surface area (TPSA) is 80.0 Å². The van der Waals surface area contributed by atoms with E-state index in [1.807, 2.05) is 17.5 Å². The van der Waals surface area contributed by atoms with Gasteiger partial charge in [0, 0.05) is 6.04 Å². The van der Waals surface area contributed by atoms with E-state index in [1.165, 1.54) is 23.5 Å². The fourth-order valence-corrected chi connectivity index (χ4v) is 3.90. The lowest BCUT2D eigenvalue weighted by molar-refractivity contribution is 0.0858. The van der Waals surface area contributed by atoms with Crippen molar-refractivity contribution in [1.82, 2.24) is 20.1 Å². The van der Waals surface area contributed by atoms with Gasteiger partial charge in [-0.25, -0.2) is 14.1 Å². The molecule has 0 atom stereocenters. The number of hydrogen-bond donors (Lipinski definition) is 2. The number of aliphatic hydroxyl groups is 1. The van der Waals surface area contributed by atoms with Crippen LogP contribution in [0.4, 0.5) is 4.39 Å². The summed E-state index contributed by atoms with van der Waals surface area (Å²) >= 11 is 1.49. The van der Waals surface area contributed by atoms with Gasteiger partial charge in [-0.15, -0.1) is 16.4 Å². The Labute approximate surface area is 159 Å². The minimum Gasteiger partial charge on any atom is -0.393 e. The predicted molar refractivity (Wildman–Crippen MR) is 100 cm³/mol. The van der Waals surface area contributed by atoms with E-state index in [-0.39, 0.29) is 29.7 Å². The summed E-state index contributed by atoms with van der Waals surface area (Å²) in [5, 5.41) is 18.9. The molecule has 3 aromatic rings. The van der Waals surface area contributed by atoms with Crippen LogP contribution in [0.25, 0.3) is 16.4 Å². The van der Waals surface area contributed by atoms with Crippen LogP contribution < -0.4 is 5.32 Å². The lowest BCUT2D eigenvalue weighted by atomic mass is 9.93. The fourth-order valence-electron chi connectivity index (χ4n) is 3.21. The maximum Gasteiger partial charge on any atom is 0.291 e. The molecule has 1 saturated carbocycles. The van der Waals surface area contributed by atoms with Crippen molar-refractivity contribution in [3.63, 3.8) is 0 Å². The molecule has 0 radical (unpaired) electrons. The van der Waals surface area contributed by atoms with E-state index in [0.29, 0.717) is 24.4 Å². The second-order valence-corrected chi connectivity index (χ2v) is 7.55. The molecule has 0 unspecified atom stereocenters. The van der Waals surface area contributed by atoms with Crippen LogP contribution >= 0.6 is 11.3 Å². The number of carbonyl (C=O) groups is 1. The highest BCUT2D eigenvalue weighted by Gasteiger charge is 2.24. The van der Waals surface area contributed by atoms with Crippen LogP contribution in [0, 0.1) is 5.82 Å². The number of aromatic nitrogens is 3. The number of thiophene rings is 1. The number of benzene rings is 1. The standard InChI is InChI=1S/C19H19FN4O2S/c20-12-3-7-14(8-4-12)24-18(16-2-1-11-27-16)22-17(23-24)19(26)21-13-5-9-15(25)10-6-13/h1-4,7-8,11,13,15,25H,5-6,9-10H2,(H,21,26). The fraction of sp³-hybridized carbons (Fsp3) is 0.316. The van der Waals surface area contributed by atoms with Gasteiger partial charge in [0.25, 0.3) is 5.91 Å². The quantitative estimate of drug-likeness (QED) is 0.722. The zero-order valence-electron chi connectivity index (χ0n) is 14.5. The number of amides is 1. The molecule has 140 valence electrons. The molecule has 2 N–H and O–H groups in total. The van der Waals surface area contributed by atoms with Crippen molar-refractivity contribution in [3.8, 4) is 16.4 Å². The van der Waals surface area contributed by atoms with Crippen molar-refractivity contribution in [1.29, 1.82) is 0 Å². The van der Waals surface area contributed by atoms with Gasteiger partial charge in [-0.05, 0) is 61.4 Å². The molecular formula is C19H19FN4O2S. The Bertz CT molecular complexity index is 916. The Morgan fingerprint density at radius 3 is 2.59 bits per heavy atom. The zero-order valence-corrected chi connectivity index (χ0v) is 15.3. The summed E-state index contributed by atoms with van der Waals surface area (Å²) in [5.41, 5.74) is 0.632. The third-order valence-corrected chi connectivity index (χ3v) is 5.52. The lowest BCUT2D eigenvalue weighted by Gasteiger charge is -2.25. The lowest BCUT2D eigenvalue weighted by Crippen LogP contribution is -2.39. The molecule has 2 aromatic heterocycles. The summed E-state index contributed by atoms with van der Waals surface area (Å²) in [5.74, 6) is -0.0567. The van der Waals surface area contributed by atoms with E-state index in [2.05, 4.69) is 15.4 Å². The molecule has 1 aliphatic carbocycles. The summed E-state index contributed by atoms with van der Waals surface area (Å²) in [6.07, 6.45) is 2.57. The molecule has 4 rings (SSSR count). The molecule has 0 spiro atoms. The van der Waals surface area contributed by atoms with E-state index >= 15 is 0 Å². The van der Waals surface area contributed by atoms with Gasteiger partial charge in [-0.1, -0.05) is 6.07 Å². The number of nitrogens with one attached hydrogen (secondary N) is 1. The summed E-state index contributed by atoms with van der Waals surface area (Å²) in [7, 11) is 0. The van der Waals surface area contributed by atoms with Crippen molar-refractivity contribution in [2.24, 2.45) is 0 Å². The zero-order chi connectivity index (χ0) is 18.8. The van der Waals surface area contributed by atoms with Crippen LogP contribution in [0.3, 0.4) is 0 Å². The van der Waals surface area contributed by atoms with E-state index in [1.54, 1.807) is 16.8 Å². The predicted octanol–water partition coefficient (Wildman–Crippen LogP) is 3.17. The van der Waals surface area contributed by atoms with Gasteiger partial charge in [0.2, 0.25) is 5.82 Å². The Balaban J connectivity index is 1.63. The Kier molecular flexibility index (Phi) is 5.00. The Morgan fingerprint density at radius 2 is 1.93 bits per heavy atom. The summed E-state index contributed by atoms with van der Waals surface area (Å²) < 4.78 is 14.8. The van der Waals surface area contributed by atoms with Crippen molar-refractivity contribution in [2.75, 3.05) is 0 Å². The number of halogens is 1. The van der Waals surface area contributed by atoms with Gasteiger partial charge in [0.15, 0.2) is 5.82 Å². The van der Waals surface area contributed by atoms with Gasteiger partial charge >= 0.3 is 0 Å². The first-order valence-corrected chi connectivity index (χ1v) is 9.74. The molecule has 1 aliphatic rings. The number of rotatable bonds is 4. The highest BCUT2D eigenvalue weighted by molar-refractivity contribution is 7.13. The van der Waals surface area contributed by atoms with Crippen LogP contribution in [0.1, 0.15) is 36.3 Å². The molecule has 0 aliphatic heterocycles. The van der Waals surface area contributed by atoms with E-state index in [0.717, 1.165) is 17.7 Å². The van der Waals surface area contributed by atoms with Crippen LogP contribution in [0.15, 0.2) is 41.8 Å². The van der Waals surface area contributed by atoms with Gasteiger partial charge in [0.1, 0.15) is 5.82 Å². The number of hydrogen-bond acceptors (Lipinski definition) is 5. The molecule has 0 bridgehead atoms. The van der Waals surface area contributed by atoms with Gasteiger partial charge in [-0.2, -0.15) is 0 Å². The maximum absolute atomic E-state index is 13.3. The van der Waals surface area contributed by atoms with E-state index in [9.17, 15) is 14.3 Å². The van der Waals surface area contributed by atoms with E-state index in [4.69, 9.17) is 0 Å². The van der Waals surface area contributed by atoms with Crippen LogP contribution in [0.5, 0.6) is 0 Å². The van der Waals surface area contributed by atoms with Crippen LogP contribution in [0.2, 0.25) is 0 Å². The second kappa shape index (κ2) is 7.58. The van der Waals surface area contributed by atoms with Gasteiger partial charge in [0.05, 0.1) is 16.7 Å². The first kappa shape index (κ1) is 17.8. The molecule has 8 heteroatoms. The number of nitrogens with zero attached hydrogens (tertiary/aromatic N) is 3. The highest BCUT2D eigenvalue weighted by Crippen LogP contribution is 2.26. The smallest absolute Gasteiger partial charge is 0.291 e. The molecule has 1 amide bonds. The monoisotopic (exact) mass is 386 g/mol. The Hall–Kier alpha value is -2.58. The average Bonchev–Trinajstić information content (AvgIpc) is 3.33. The van der Waals surface area contributed by atoms with Crippen molar-refractivity contribution in [3.05, 3.63) is 53.4 Å². The number of aliphatic hydroxyl groups excluding tert-OH is 1. The summed E-state index contributed by atoms with van der Waals surface area (Å²) in [6, 6.07) is 9.72. The third-order valence-electron chi connectivity index (χ3n) is 4.65. The third kappa shape index (κ3) is 3.91. The second-order valence-electron chi connectivity index (χ2n) is 6.60. The van der Waals surface area contributed by atoms with Gasteiger partial charge in [-0.3, -0.25) is 4.79 Å².